The van der Waals surface area contributed by atoms with Crippen molar-refractivity contribution in [1.29, 1.82) is 0 Å². The van der Waals surface area contributed by atoms with Crippen LogP contribution in [0.2, 0.25) is 0 Å². The number of anilines is 1. The molecule has 0 saturated carbocycles. The number of hydrogen-bond acceptors (Lipinski definition) is 4. The summed E-state index contributed by atoms with van der Waals surface area (Å²) in [7, 11) is 0. The minimum atomic E-state index is -0.329. The van der Waals surface area contributed by atoms with Crippen molar-refractivity contribution in [2.24, 2.45) is 0 Å². The molecular formula is C13H18N2O3. The van der Waals surface area contributed by atoms with Crippen molar-refractivity contribution in [2.45, 2.75) is 25.7 Å². The third kappa shape index (κ3) is 2.79. The van der Waals surface area contributed by atoms with Crippen LogP contribution >= 0.6 is 0 Å². The van der Waals surface area contributed by atoms with Gasteiger partial charge in [-0.1, -0.05) is 6.07 Å². The van der Waals surface area contributed by atoms with E-state index in [1.165, 1.54) is 6.42 Å². The molecule has 5 heteroatoms. The van der Waals surface area contributed by atoms with E-state index in [4.69, 9.17) is 5.11 Å². The minimum Gasteiger partial charge on any atom is -0.396 e. The van der Waals surface area contributed by atoms with Crippen LogP contribution in [0.15, 0.2) is 18.2 Å². The molecule has 0 bridgehead atoms. The molecule has 1 fully saturated rings. The molecule has 1 aromatic rings. The number of rotatable bonds is 4. The van der Waals surface area contributed by atoms with Crippen LogP contribution < -0.4 is 4.90 Å². The van der Waals surface area contributed by atoms with Gasteiger partial charge in [0.2, 0.25) is 0 Å². The average molecular weight is 250 g/mol. The molecule has 1 saturated heterocycles. The first-order valence-corrected chi connectivity index (χ1v) is 6.35. The zero-order valence-corrected chi connectivity index (χ0v) is 10.3. The van der Waals surface area contributed by atoms with Crippen molar-refractivity contribution in [2.75, 3.05) is 24.6 Å². The summed E-state index contributed by atoms with van der Waals surface area (Å²) in [5.74, 6) is 0. The molecule has 1 heterocycles. The Morgan fingerprint density at radius 2 is 2.00 bits per heavy atom. The van der Waals surface area contributed by atoms with Crippen molar-refractivity contribution < 1.29 is 10.0 Å². The standard InChI is InChI=1S/C13H18N2O3/c16-9-6-11-4-5-12(13(10-11)15(17)18)14-7-2-1-3-8-14/h4-5,10,16H,1-3,6-9H2. The maximum atomic E-state index is 11.1. The predicted molar refractivity (Wildman–Crippen MR) is 70.0 cm³/mol. The average Bonchev–Trinajstić information content (AvgIpc) is 2.40. The molecule has 18 heavy (non-hydrogen) atoms. The van der Waals surface area contributed by atoms with Crippen molar-refractivity contribution in [3.05, 3.63) is 33.9 Å². The van der Waals surface area contributed by atoms with Crippen LogP contribution in [0.5, 0.6) is 0 Å². The van der Waals surface area contributed by atoms with Crippen molar-refractivity contribution >= 4 is 11.4 Å². The summed E-state index contributed by atoms with van der Waals surface area (Å²) in [6, 6.07) is 5.27. The molecule has 1 N–H and O–H groups in total. The number of nitrogens with zero attached hydrogens (tertiary/aromatic N) is 2. The summed E-state index contributed by atoms with van der Waals surface area (Å²) in [5, 5.41) is 20.0. The van der Waals surface area contributed by atoms with Crippen LogP contribution in [-0.4, -0.2) is 29.7 Å². The smallest absolute Gasteiger partial charge is 0.292 e. The Labute approximate surface area is 106 Å². The third-order valence-corrected chi connectivity index (χ3v) is 3.33. The molecule has 1 aliphatic heterocycles. The fourth-order valence-corrected chi connectivity index (χ4v) is 2.40. The number of benzene rings is 1. The summed E-state index contributed by atoms with van der Waals surface area (Å²) in [5.41, 5.74) is 1.68. The van der Waals surface area contributed by atoms with Gasteiger partial charge in [-0.15, -0.1) is 0 Å². The second kappa shape index (κ2) is 5.82. The van der Waals surface area contributed by atoms with E-state index in [2.05, 4.69) is 4.90 Å². The fourth-order valence-electron chi connectivity index (χ4n) is 2.40. The zero-order chi connectivity index (χ0) is 13.0. The normalized spacial score (nSPS) is 15.7. The molecule has 0 radical (unpaired) electrons. The second-order valence-corrected chi connectivity index (χ2v) is 4.60. The van der Waals surface area contributed by atoms with E-state index in [1.807, 2.05) is 12.1 Å². The van der Waals surface area contributed by atoms with Gasteiger partial charge in [0, 0.05) is 25.8 Å². The SMILES string of the molecule is O=[N+]([O-])c1cc(CCO)ccc1N1CCCCC1. The van der Waals surface area contributed by atoms with E-state index in [-0.39, 0.29) is 17.2 Å². The summed E-state index contributed by atoms with van der Waals surface area (Å²) in [4.78, 5) is 12.9. The van der Waals surface area contributed by atoms with E-state index in [0.717, 1.165) is 31.5 Å². The Morgan fingerprint density at radius 1 is 1.28 bits per heavy atom. The first-order valence-electron chi connectivity index (χ1n) is 6.35. The largest absolute Gasteiger partial charge is 0.396 e. The number of piperidine rings is 1. The zero-order valence-electron chi connectivity index (χ0n) is 10.3. The first-order chi connectivity index (χ1) is 8.72. The highest BCUT2D eigenvalue weighted by Crippen LogP contribution is 2.31. The number of nitro benzene ring substituents is 1. The molecule has 0 aromatic heterocycles. The lowest BCUT2D eigenvalue weighted by molar-refractivity contribution is -0.384. The summed E-state index contributed by atoms with van der Waals surface area (Å²) >= 11 is 0. The molecule has 1 aliphatic rings. The van der Waals surface area contributed by atoms with E-state index < -0.39 is 0 Å². The van der Waals surface area contributed by atoms with Gasteiger partial charge >= 0.3 is 0 Å². The van der Waals surface area contributed by atoms with Crippen molar-refractivity contribution in [1.82, 2.24) is 0 Å². The van der Waals surface area contributed by atoms with Crippen LogP contribution in [0.25, 0.3) is 0 Å². The van der Waals surface area contributed by atoms with Gasteiger partial charge in [0.25, 0.3) is 5.69 Å². The Bertz CT molecular complexity index is 428. The maximum Gasteiger partial charge on any atom is 0.292 e. The molecular weight excluding hydrogens is 232 g/mol. The number of hydrogen-bond donors (Lipinski definition) is 1. The van der Waals surface area contributed by atoms with Gasteiger partial charge in [-0.25, -0.2) is 0 Å². The molecule has 0 amide bonds. The lowest BCUT2D eigenvalue weighted by Crippen LogP contribution is -2.29. The fraction of sp³-hybridized carbons (Fsp3) is 0.538. The van der Waals surface area contributed by atoms with Crippen LogP contribution in [-0.2, 0) is 6.42 Å². The molecule has 0 spiro atoms. The lowest BCUT2D eigenvalue weighted by Gasteiger charge is -2.28. The Morgan fingerprint density at radius 3 is 2.61 bits per heavy atom. The summed E-state index contributed by atoms with van der Waals surface area (Å²) in [6.45, 7) is 1.79. The van der Waals surface area contributed by atoms with E-state index in [0.29, 0.717) is 12.1 Å². The maximum absolute atomic E-state index is 11.1. The Hall–Kier alpha value is -1.62. The van der Waals surface area contributed by atoms with Crippen LogP contribution in [0, 0.1) is 10.1 Å². The molecule has 0 atom stereocenters. The minimum absolute atomic E-state index is 0.0141. The van der Waals surface area contributed by atoms with Gasteiger partial charge in [0.05, 0.1) is 4.92 Å². The van der Waals surface area contributed by atoms with Gasteiger partial charge < -0.3 is 10.0 Å². The lowest BCUT2D eigenvalue weighted by atomic mass is 10.1. The molecule has 2 rings (SSSR count). The van der Waals surface area contributed by atoms with Crippen molar-refractivity contribution in [3.8, 4) is 0 Å². The number of nitro groups is 1. The van der Waals surface area contributed by atoms with Gasteiger partial charge in [-0.05, 0) is 37.3 Å². The van der Waals surface area contributed by atoms with E-state index >= 15 is 0 Å². The predicted octanol–water partition coefficient (Wildman–Crippen LogP) is 2.12. The topological polar surface area (TPSA) is 66.6 Å². The number of aliphatic hydroxyl groups excluding tert-OH is 1. The monoisotopic (exact) mass is 250 g/mol. The highest BCUT2D eigenvalue weighted by molar-refractivity contribution is 5.64. The second-order valence-electron chi connectivity index (χ2n) is 4.60. The first kappa shape index (κ1) is 12.8. The third-order valence-electron chi connectivity index (χ3n) is 3.33. The van der Waals surface area contributed by atoms with Gasteiger partial charge in [-0.3, -0.25) is 10.1 Å². The highest BCUT2D eigenvalue weighted by Gasteiger charge is 2.21. The van der Waals surface area contributed by atoms with Gasteiger partial charge in [0.15, 0.2) is 0 Å². The van der Waals surface area contributed by atoms with Crippen LogP contribution in [0.4, 0.5) is 11.4 Å². The Balaban J connectivity index is 2.30. The molecule has 0 unspecified atom stereocenters. The molecule has 98 valence electrons. The summed E-state index contributed by atoms with van der Waals surface area (Å²) in [6.07, 6.45) is 3.85. The van der Waals surface area contributed by atoms with Crippen LogP contribution in [0.3, 0.4) is 0 Å². The van der Waals surface area contributed by atoms with E-state index in [9.17, 15) is 10.1 Å². The van der Waals surface area contributed by atoms with Crippen LogP contribution in [0.1, 0.15) is 24.8 Å². The number of aliphatic hydroxyl groups is 1. The van der Waals surface area contributed by atoms with E-state index in [1.54, 1.807) is 6.07 Å². The molecule has 0 aliphatic carbocycles. The van der Waals surface area contributed by atoms with Crippen molar-refractivity contribution in [3.63, 3.8) is 0 Å². The molecule has 1 aromatic carbocycles. The Kier molecular flexibility index (Phi) is 4.15. The van der Waals surface area contributed by atoms with Gasteiger partial charge in [-0.2, -0.15) is 0 Å². The molecule has 5 nitrogen and oxygen atoms in total. The highest BCUT2D eigenvalue weighted by atomic mass is 16.6. The quantitative estimate of drug-likeness (QED) is 0.656. The van der Waals surface area contributed by atoms with Gasteiger partial charge in [0.1, 0.15) is 5.69 Å². The summed E-state index contributed by atoms with van der Waals surface area (Å²) < 4.78 is 0.